The zero-order chi connectivity index (χ0) is 14.2. The lowest BCUT2D eigenvalue weighted by Gasteiger charge is -2.47. The Kier molecular flexibility index (Phi) is 4.02. The van der Waals surface area contributed by atoms with Gasteiger partial charge in [-0.25, -0.2) is 0 Å². The number of ether oxygens (including phenoxy) is 1. The van der Waals surface area contributed by atoms with Crippen LogP contribution >= 0.6 is 0 Å². The summed E-state index contributed by atoms with van der Waals surface area (Å²) in [5.41, 5.74) is -0.707. The minimum Gasteiger partial charge on any atom is -0.389 e. The van der Waals surface area contributed by atoms with Gasteiger partial charge < -0.3 is 14.7 Å². The summed E-state index contributed by atoms with van der Waals surface area (Å²) in [6, 6.07) is 0.336. The van der Waals surface area contributed by atoms with Crippen molar-refractivity contribution in [2.75, 3.05) is 32.8 Å². The number of carbonyl (C=O) groups excluding carboxylic acids is 1. The molecule has 0 radical (unpaired) electrons. The predicted octanol–water partition coefficient (Wildman–Crippen LogP) is 0.613. The van der Waals surface area contributed by atoms with Gasteiger partial charge in [0.05, 0.1) is 30.8 Å². The summed E-state index contributed by atoms with van der Waals surface area (Å²) in [6.45, 7) is 6.48. The maximum atomic E-state index is 12.4. The number of aliphatic hydroxyl groups is 1. The summed E-state index contributed by atoms with van der Waals surface area (Å²) >= 11 is 0. The number of hydrogen-bond donors (Lipinski definition) is 1. The molecule has 1 aliphatic carbocycles. The Morgan fingerprint density at radius 3 is 2.85 bits per heavy atom. The second kappa shape index (κ2) is 5.62. The van der Waals surface area contributed by atoms with Gasteiger partial charge in [0.1, 0.15) is 0 Å². The van der Waals surface area contributed by atoms with Crippen molar-refractivity contribution >= 4 is 5.91 Å². The van der Waals surface area contributed by atoms with Gasteiger partial charge in [0.15, 0.2) is 0 Å². The molecule has 3 fully saturated rings. The number of piperidine rings is 1. The van der Waals surface area contributed by atoms with E-state index < -0.39 is 5.60 Å². The Hall–Kier alpha value is -0.650. The molecule has 0 spiro atoms. The fraction of sp³-hybridized carbons (Fsp3) is 0.933. The smallest absolute Gasteiger partial charge is 0.225 e. The third-order valence-electron chi connectivity index (χ3n) is 5.22. The van der Waals surface area contributed by atoms with Gasteiger partial charge in [-0.15, -0.1) is 0 Å². The third kappa shape index (κ3) is 2.71. The van der Waals surface area contributed by atoms with E-state index >= 15 is 0 Å². The first-order chi connectivity index (χ1) is 9.61. The fourth-order valence-corrected chi connectivity index (χ4v) is 3.72. The van der Waals surface area contributed by atoms with E-state index in [4.69, 9.17) is 4.74 Å². The van der Waals surface area contributed by atoms with E-state index in [0.717, 1.165) is 58.5 Å². The van der Waals surface area contributed by atoms with Crippen molar-refractivity contribution in [3.8, 4) is 0 Å². The number of morpholine rings is 1. The van der Waals surface area contributed by atoms with Crippen molar-refractivity contribution in [2.24, 2.45) is 0 Å². The minimum atomic E-state index is -0.707. The van der Waals surface area contributed by atoms with E-state index in [9.17, 15) is 9.90 Å². The van der Waals surface area contributed by atoms with Gasteiger partial charge in [0.25, 0.3) is 0 Å². The number of likely N-dealkylation sites (N-methyl/N-ethyl adjacent to an activating group) is 1. The molecule has 0 aromatic heterocycles. The van der Waals surface area contributed by atoms with Crippen LogP contribution in [0.4, 0.5) is 0 Å². The van der Waals surface area contributed by atoms with Crippen LogP contribution in [0, 0.1) is 0 Å². The topological polar surface area (TPSA) is 53.0 Å². The Morgan fingerprint density at radius 2 is 2.20 bits per heavy atom. The van der Waals surface area contributed by atoms with Gasteiger partial charge in [-0.2, -0.15) is 0 Å². The van der Waals surface area contributed by atoms with E-state index in [0.29, 0.717) is 12.5 Å². The molecule has 1 amide bonds. The van der Waals surface area contributed by atoms with Crippen LogP contribution in [0.2, 0.25) is 0 Å². The highest BCUT2D eigenvalue weighted by molar-refractivity contribution is 5.77. The Morgan fingerprint density at radius 1 is 1.40 bits per heavy atom. The van der Waals surface area contributed by atoms with Crippen molar-refractivity contribution in [1.82, 2.24) is 9.80 Å². The summed E-state index contributed by atoms with van der Waals surface area (Å²) in [5.74, 6) is 0.118. The van der Waals surface area contributed by atoms with Crippen molar-refractivity contribution in [3.63, 3.8) is 0 Å². The van der Waals surface area contributed by atoms with E-state index in [1.54, 1.807) is 0 Å². The summed E-state index contributed by atoms with van der Waals surface area (Å²) in [7, 11) is 0. The van der Waals surface area contributed by atoms with Gasteiger partial charge in [0, 0.05) is 19.6 Å². The van der Waals surface area contributed by atoms with Crippen molar-refractivity contribution in [1.29, 1.82) is 0 Å². The molecule has 114 valence electrons. The molecule has 2 heterocycles. The van der Waals surface area contributed by atoms with Crippen molar-refractivity contribution in [3.05, 3.63) is 0 Å². The van der Waals surface area contributed by atoms with Crippen LogP contribution in [-0.4, -0.2) is 71.3 Å². The number of fused-ring (bicyclic) bond motifs is 1. The van der Waals surface area contributed by atoms with Gasteiger partial charge in [0.2, 0.25) is 5.91 Å². The molecule has 0 aromatic rings. The van der Waals surface area contributed by atoms with Crippen molar-refractivity contribution in [2.45, 2.75) is 56.8 Å². The quantitative estimate of drug-likeness (QED) is 0.824. The van der Waals surface area contributed by atoms with E-state index in [1.807, 2.05) is 4.90 Å². The molecule has 2 aliphatic heterocycles. The van der Waals surface area contributed by atoms with Gasteiger partial charge in [-0.3, -0.25) is 9.69 Å². The molecule has 3 rings (SSSR count). The Labute approximate surface area is 120 Å². The first-order valence-corrected chi connectivity index (χ1v) is 7.97. The number of amides is 1. The second-order valence-corrected chi connectivity index (χ2v) is 6.49. The molecule has 0 unspecified atom stereocenters. The fourth-order valence-electron chi connectivity index (χ4n) is 3.72. The summed E-state index contributed by atoms with van der Waals surface area (Å²) < 4.78 is 5.85. The van der Waals surface area contributed by atoms with Gasteiger partial charge in [-0.1, -0.05) is 6.92 Å². The van der Waals surface area contributed by atoms with Crippen LogP contribution in [-0.2, 0) is 9.53 Å². The molecule has 2 atom stereocenters. The molecule has 1 saturated carbocycles. The minimum absolute atomic E-state index is 0.118. The lowest BCUT2D eigenvalue weighted by molar-refractivity contribution is -0.150. The molecule has 20 heavy (non-hydrogen) atoms. The molecular formula is C15H26N2O3. The lowest BCUT2D eigenvalue weighted by Crippen LogP contribution is -2.61. The molecule has 0 bridgehead atoms. The number of hydrogen-bond acceptors (Lipinski definition) is 4. The largest absolute Gasteiger partial charge is 0.389 e. The zero-order valence-corrected chi connectivity index (χ0v) is 12.4. The normalized spacial score (nSPS) is 33.4. The summed E-state index contributed by atoms with van der Waals surface area (Å²) in [4.78, 5) is 16.7. The first-order valence-electron chi connectivity index (χ1n) is 7.97. The Bertz CT molecular complexity index is 364. The van der Waals surface area contributed by atoms with Crippen LogP contribution in [0.15, 0.2) is 0 Å². The maximum absolute atomic E-state index is 12.4. The average Bonchev–Trinajstić information content (AvgIpc) is 2.44. The SMILES string of the molecule is CCN1CCO[C@H]2CCN(C(=O)CC3(O)CCC3)C[C@@H]21. The monoisotopic (exact) mass is 282 g/mol. The highest BCUT2D eigenvalue weighted by atomic mass is 16.5. The van der Waals surface area contributed by atoms with E-state index in [1.165, 1.54) is 0 Å². The molecule has 5 heteroatoms. The average molecular weight is 282 g/mol. The molecule has 3 aliphatic rings. The number of likely N-dealkylation sites (tertiary alicyclic amines) is 1. The number of carbonyl (C=O) groups is 1. The van der Waals surface area contributed by atoms with Crippen LogP contribution < -0.4 is 0 Å². The highest BCUT2D eigenvalue weighted by Crippen LogP contribution is 2.35. The molecule has 5 nitrogen and oxygen atoms in total. The summed E-state index contributed by atoms with van der Waals surface area (Å²) in [5, 5.41) is 10.2. The van der Waals surface area contributed by atoms with Gasteiger partial charge in [-0.05, 0) is 32.2 Å². The van der Waals surface area contributed by atoms with E-state index in [-0.39, 0.29) is 12.0 Å². The van der Waals surface area contributed by atoms with Crippen LogP contribution in [0.25, 0.3) is 0 Å². The molecular weight excluding hydrogens is 256 g/mol. The summed E-state index contributed by atoms with van der Waals surface area (Å²) in [6.07, 6.45) is 4.11. The predicted molar refractivity (Wildman–Crippen MR) is 75.4 cm³/mol. The molecule has 2 saturated heterocycles. The highest BCUT2D eigenvalue weighted by Gasteiger charge is 2.41. The maximum Gasteiger partial charge on any atom is 0.225 e. The molecule has 0 aromatic carbocycles. The van der Waals surface area contributed by atoms with Crippen LogP contribution in [0.1, 0.15) is 39.0 Å². The van der Waals surface area contributed by atoms with E-state index in [2.05, 4.69) is 11.8 Å². The zero-order valence-electron chi connectivity index (χ0n) is 12.4. The Balaban J connectivity index is 1.59. The van der Waals surface area contributed by atoms with Gasteiger partial charge >= 0.3 is 0 Å². The standard InChI is InChI=1S/C15H26N2O3/c1-2-16-8-9-20-13-4-7-17(11-12(13)16)14(18)10-15(19)5-3-6-15/h12-13,19H,2-11H2,1H3/t12-,13-/m0/s1. The van der Waals surface area contributed by atoms with Crippen molar-refractivity contribution < 1.29 is 14.6 Å². The number of nitrogens with zero attached hydrogens (tertiary/aromatic N) is 2. The molecule has 1 N–H and O–H groups in total. The number of rotatable bonds is 3. The lowest BCUT2D eigenvalue weighted by atomic mass is 9.77. The van der Waals surface area contributed by atoms with Crippen LogP contribution in [0.5, 0.6) is 0 Å². The second-order valence-electron chi connectivity index (χ2n) is 6.49. The van der Waals surface area contributed by atoms with Crippen LogP contribution in [0.3, 0.4) is 0 Å². The first kappa shape index (κ1) is 14.3. The third-order valence-corrected chi connectivity index (χ3v) is 5.22.